The van der Waals surface area contributed by atoms with Gasteiger partial charge < -0.3 is 9.73 Å². The number of aryl methyl sites for hydroxylation is 1. The van der Waals surface area contributed by atoms with Crippen LogP contribution in [0.4, 0.5) is 0 Å². The molecule has 1 unspecified atom stereocenters. The summed E-state index contributed by atoms with van der Waals surface area (Å²) in [4.78, 5) is 14.3. The highest BCUT2D eigenvalue weighted by atomic mass is 16.3. The second kappa shape index (κ2) is 5.36. The van der Waals surface area contributed by atoms with Gasteiger partial charge in [-0.2, -0.15) is 0 Å². The van der Waals surface area contributed by atoms with Crippen LogP contribution in [-0.4, -0.2) is 36.5 Å². The quantitative estimate of drug-likeness (QED) is 0.867. The molecule has 0 spiro atoms. The highest BCUT2D eigenvalue weighted by Crippen LogP contribution is 2.16. The third kappa shape index (κ3) is 2.69. The number of likely N-dealkylation sites (N-methyl/N-ethyl adjacent to an activating group) is 1. The fraction of sp³-hybridized carbons (Fsp3) is 0.615. The van der Waals surface area contributed by atoms with Gasteiger partial charge in [0, 0.05) is 18.2 Å². The minimum absolute atomic E-state index is 0.101. The number of hydrogen-bond acceptors (Lipinski definition) is 3. The van der Waals surface area contributed by atoms with Gasteiger partial charge in [0.2, 0.25) is 0 Å². The lowest BCUT2D eigenvalue weighted by Crippen LogP contribution is -2.40. The first kappa shape index (κ1) is 12.2. The monoisotopic (exact) mass is 236 g/mol. The van der Waals surface area contributed by atoms with Gasteiger partial charge >= 0.3 is 0 Å². The van der Waals surface area contributed by atoms with E-state index in [0.717, 1.165) is 18.7 Å². The molecule has 1 atom stereocenters. The molecular formula is C13H20N2O2. The number of furan rings is 1. The number of rotatable bonds is 4. The van der Waals surface area contributed by atoms with Crippen molar-refractivity contribution < 1.29 is 9.21 Å². The second-order valence-corrected chi connectivity index (χ2v) is 4.57. The van der Waals surface area contributed by atoms with Crippen LogP contribution in [0.25, 0.3) is 0 Å². The van der Waals surface area contributed by atoms with E-state index in [4.69, 9.17) is 4.42 Å². The molecule has 1 saturated heterocycles. The van der Waals surface area contributed by atoms with Crippen LogP contribution in [0.1, 0.15) is 35.9 Å². The Hall–Kier alpha value is -1.29. The molecule has 1 aromatic heterocycles. The number of likely N-dealkylation sites (tertiary alicyclic amines) is 1. The summed E-state index contributed by atoms with van der Waals surface area (Å²) in [5.41, 5.74) is 0.890. The van der Waals surface area contributed by atoms with Crippen molar-refractivity contribution >= 4 is 5.91 Å². The second-order valence-electron chi connectivity index (χ2n) is 4.57. The average Bonchev–Trinajstić information content (AvgIpc) is 2.94. The Morgan fingerprint density at radius 3 is 3.12 bits per heavy atom. The summed E-state index contributed by atoms with van der Waals surface area (Å²) in [6, 6.07) is 2.29. The molecule has 1 aromatic rings. The van der Waals surface area contributed by atoms with Gasteiger partial charge in [0.15, 0.2) is 5.76 Å². The van der Waals surface area contributed by atoms with Crippen LogP contribution in [0.3, 0.4) is 0 Å². The minimum atomic E-state index is -0.101. The van der Waals surface area contributed by atoms with Crippen molar-refractivity contribution in [1.82, 2.24) is 10.2 Å². The minimum Gasteiger partial charge on any atom is -0.459 e. The number of carbonyl (C=O) groups is 1. The Bertz CT molecular complexity index is 387. The van der Waals surface area contributed by atoms with Gasteiger partial charge in [-0.3, -0.25) is 9.69 Å². The summed E-state index contributed by atoms with van der Waals surface area (Å²) in [5.74, 6) is 0.335. The van der Waals surface area contributed by atoms with E-state index in [2.05, 4.69) is 17.1 Å². The zero-order valence-corrected chi connectivity index (χ0v) is 10.5. The normalized spacial score (nSPS) is 20.7. The third-order valence-electron chi connectivity index (χ3n) is 3.47. The molecule has 4 heteroatoms. The lowest BCUT2D eigenvalue weighted by Gasteiger charge is -2.22. The first-order chi connectivity index (χ1) is 8.22. The summed E-state index contributed by atoms with van der Waals surface area (Å²) in [6.07, 6.45) is 3.96. The van der Waals surface area contributed by atoms with Crippen molar-refractivity contribution in [3.05, 3.63) is 23.7 Å². The smallest absolute Gasteiger partial charge is 0.287 e. The van der Waals surface area contributed by atoms with Gasteiger partial charge in [-0.1, -0.05) is 6.92 Å². The Morgan fingerprint density at radius 1 is 1.65 bits per heavy atom. The van der Waals surface area contributed by atoms with E-state index in [1.54, 1.807) is 6.26 Å². The Kier molecular flexibility index (Phi) is 3.84. The van der Waals surface area contributed by atoms with E-state index in [1.807, 2.05) is 13.0 Å². The number of carbonyl (C=O) groups excluding carboxylic acids is 1. The summed E-state index contributed by atoms with van der Waals surface area (Å²) < 4.78 is 5.17. The number of amides is 1. The molecule has 0 aromatic carbocycles. The molecule has 1 amide bonds. The molecule has 0 aliphatic carbocycles. The summed E-state index contributed by atoms with van der Waals surface area (Å²) >= 11 is 0. The number of hydrogen-bond donors (Lipinski definition) is 1. The van der Waals surface area contributed by atoms with Crippen LogP contribution in [0.5, 0.6) is 0 Å². The fourth-order valence-electron chi connectivity index (χ4n) is 2.44. The standard InChI is InChI=1S/C13H20N2O2/c1-3-15-7-4-5-11(15)9-14-13(16)12-10(2)6-8-17-12/h6,8,11H,3-5,7,9H2,1-2H3,(H,14,16). The Morgan fingerprint density at radius 2 is 2.47 bits per heavy atom. The van der Waals surface area contributed by atoms with Gasteiger partial charge in [-0.05, 0) is 38.9 Å². The molecule has 94 valence electrons. The van der Waals surface area contributed by atoms with Crippen molar-refractivity contribution in [2.75, 3.05) is 19.6 Å². The molecule has 1 fully saturated rings. The predicted octanol–water partition coefficient (Wildman–Crippen LogP) is 1.80. The van der Waals surface area contributed by atoms with E-state index in [1.165, 1.54) is 12.8 Å². The zero-order valence-electron chi connectivity index (χ0n) is 10.5. The van der Waals surface area contributed by atoms with Crippen LogP contribution >= 0.6 is 0 Å². The molecule has 2 heterocycles. The van der Waals surface area contributed by atoms with Crippen molar-refractivity contribution in [1.29, 1.82) is 0 Å². The van der Waals surface area contributed by atoms with Crippen LogP contribution in [0.2, 0.25) is 0 Å². The zero-order chi connectivity index (χ0) is 12.3. The van der Waals surface area contributed by atoms with E-state index < -0.39 is 0 Å². The molecule has 2 rings (SSSR count). The van der Waals surface area contributed by atoms with E-state index in [-0.39, 0.29) is 5.91 Å². The van der Waals surface area contributed by atoms with Crippen molar-refractivity contribution in [3.8, 4) is 0 Å². The van der Waals surface area contributed by atoms with Crippen molar-refractivity contribution in [2.45, 2.75) is 32.7 Å². The highest BCUT2D eigenvalue weighted by molar-refractivity contribution is 5.92. The van der Waals surface area contributed by atoms with E-state index in [9.17, 15) is 4.79 Å². The van der Waals surface area contributed by atoms with E-state index >= 15 is 0 Å². The first-order valence-corrected chi connectivity index (χ1v) is 6.28. The molecule has 1 N–H and O–H groups in total. The largest absolute Gasteiger partial charge is 0.459 e. The molecule has 17 heavy (non-hydrogen) atoms. The summed E-state index contributed by atoms with van der Waals surface area (Å²) in [7, 11) is 0. The molecule has 1 aliphatic heterocycles. The van der Waals surface area contributed by atoms with E-state index in [0.29, 0.717) is 18.3 Å². The number of nitrogens with one attached hydrogen (secondary N) is 1. The SMILES string of the molecule is CCN1CCCC1CNC(=O)c1occc1C. The lowest BCUT2D eigenvalue weighted by molar-refractivity contribution is 0.0913. The maximum absolute atomic E-state index is 11.9. The maximum atomic E-state index is 11.9. The molecule has 0 radical (unpaired) electrons. The predicted molar refractivity (Wildman–Crippen MR) is 66.0 cm³/mol. The van der Waals surface area contributed by atoms with Gasteiger partial charge in [0.05, 0.1) is 6.26 Å². The third-order valence-corrected chi connectivity index (χ3v) is 3.47. The van der Waals surface area contributed by atoms with Gasteiger partial charge in [-0.25, -0.2) is 0 Å². The summed E-state index contributed by atoms with van der Waals surface area (Å²) in [5, 5.41) is 2.96. The molecule has 0 bridgehead atoms. The van der Waals surface area contributed by atoms with Crippen LogP contribution in [-0.2, 0) is 0 Å². The molecule has 1 aliphatic rings. The Labute approximate surface area is 102 Å². The molecular weight excluding hydrogens is 216 g/mol. The summed E-state index contributed by atoms with van der Waals surface area (Å²) in [6.45, 7) is 6.97. The first-order valence-electron chi connectivity index (χ1n) is 6.28. The topological polar surface area (TPSA) is 45.5 Å². The van der Waals surface area contributed by atoms with Crippen LogP contribution in [0, 0.1) is 6.92 Å². The van der Waals surface area contributed by atoms with Crippen LogP contribution in [0.15, 0.2) is 16.7 Å². The van der Waals surface area contributed by atoms with Crippen LogP contribution < -0.4 is 5.32 Å². The number of nitrogens with zero attached hydrogens (tertiary/aromatic N) is 1. The highest BCUT2D eigenvalue weighted by Gasteiger charge is 2.23. The lowest BCUT2D eigenvalue weighted by atomic mass is 10.2. The average molecular weight is 236 g/mol. The van der Waals surface area contributed by atoms with Crippen molar-refractivity contribution in [2.24, 2.45) is 0 Å². The fourth-order valence-corrected chi connectivity index (χ4v) is 2.44. The van der Waals surface area contributed by atoms with Crippen molar-refractivity contribution in [3.63, 3.8) is 0 Å². The van der Waals surface area contributed by atoms with Gasteiger partial charge in [0.1, 0.15) is 0 Å². The van der Waals surface area contributed by atoms with Gasteiger partial charge in [0.25, 0.3) is 5.91 Å². The van der Waals surface area contributed by atoms with Gasteiger partial charge in [-0.15, -0.1) is 0 Å². The Balaban J connectivity index is 1.86. The molecule has 0 saturated carbocycles. The maximum Gasteiger partial charge on any atom is 0.287 e. The molecule has 4 nitrogen and oxygen atoms in total.